The van der Waals surface area contributed by atoms with E-state index < -0.39 is 0 Å². The minimum atomic E-state index is 0.379. The van der Waals surface area contributed by atoms with Crippen LogP contribution in [0.15, 0.2) is 54.6 Å². The summed E-state index contributed by atoms with van der Waals surface area (Å²) >= 11 is 0. The molecule has 2 aromatic carbocycles. The van der Waals surface area contributed by atoms with E-state index in [4.69, 9.17) is 0 Å². The quantitative estimate of drug-likeness (QED) is 0.734. The molecule has 0 aromatic heterocycles. The van der Waals surface area contributed by atoms with Gasteiger partial charge in [-0.1, -0.05) is 42.5 Å². The minimum Gasteiger partial charge on any atom is -0.508 e. The van der Waals surface area contributed by atoms with Gasteiger partial charge in [-0.15, -0.1) is 0 Å². The summed E-state index contributed by atoms with van der Waals surface area (Å²) in [5.74, 6) is 0.379. The number of hydrogen-bond donors (Lipinski definition) is 1. The maximum atomic E-state index is 9.69. The molecule has 0 heterocycles. The van der Waals surface area contributed by atoms with Crippen molar-refractivity contribution in [1.29, 1.82) is 0 Å². The molecule has 0 radical (unpaired) electrons. The van der Waals surface area contributed by atoms with Crippen LogP contribution in [-0.4, -0.2) is 5.11 Å². The Labute approximate surface area is 138 Å². The summed E-state index contributed by atoms with van der Waals surface area (Å²) in [4.78, 5) is 0. The normalized spacial score (nSPS) is 20.3. The van der Waals surface area contributed by atoms with Crippen LogP contribution in [0.2, 0.25) is 0 Å². The number of fused-ring (bicyclic) bond motifs is 2. The summed E-state index contributed by atoms with van der Waals surface area (Å²) in [6.45, 7) is 0. The summed E-state index contributed by atoms with van der Waals surface area (Å²) < 4.78 is 0. The van der Waals surface area contributed by atoms with Crippen molar-refractivity contribution >= 4 is 11.1 Å². The predicted molar refractivity (Wildman–Crippen MR) is 96.4 cm³/mol. The monoisotopic (exact) mass is 302 g/mol. The Morgan fingerprint density at radius 2 is 1.35 bits per heavy atom. The number of benzene rings is 2. The van der Waals surface area contributed by atoms with Crippen LogP contribution < -0.4 is 0 Å². The van der Waals surface area contributed by atoms with Crippen LogP contribution in [-0.2, 0) is 12.8 Å². The van der Waals surface area contributed by atoms with Crippen LogP contribution in [0.5, 0.6) is 5.75 Å². The largest absolute Gasteiger partial charge is 0.508 e. The van der Waals surface area contributed by atoms with E-state index in [1.807, 2.05) is 6.07 Å². The van der Waals surface area contributed by atoms with Crippen LogP contribution in [0.4, 0.5) is 0 Å². The molecule has 1 nitrogen and oxygen atoms in total. The molecule has 4 rings (SSSR count). The molecule has 1 N–H and O–H groups in total. The maximum Gasteiger partial charge on any atom is 0.115 e. The van der Waals surface area contributed by atoms with Gasteiger partial charge < -0.3 is 5.11 Å². The smallest absolute Gasteiger partial charge is 0.115 e. The maximum absolute atomic E-state index is 9.69. The molecular weight excluding hydrogens is 280 g/mol. The Bertz CT molecular complexity index is 795. The zero-order valence-electron chi connectivity index (χ0n) is 13.4. The lowest BCUT2D eigenvalue weighted by molar-refractivity contribution is 0.474. The molecule has 0 amide bonds. The van der Waals surface area contributed by atoms with Crippen LogP contribution in [0, 0.1) is 0 Å². The second-order valence-corrected chi connectivity index (χ2v) is 6.59. The molecule has 0 saturated heterocycles. The van der Waals surface area contributed by atoms with E-state index in [-0.39, 0.29) is 0 Å². The second kappa shape index (κ2) is 6.08. The molecule has 0 unspecified atom stereocenters. The van der Waals surface area contributed by atoms with E-state index in [1.165, 1.54) is 59.1 Å². The average Bonchev–Trinajstić information content (AvgIpc) is 2.59. The molecule has 23 heavy (non-hydrogen) atoms. The van der Waals surface area contributed by atoms with Crippen molar-refractivity contribution in [1.82, 2.24) is 0 Å². The van der Waals surface area contributed by atoms with Crippen molar-refractivity contribution in [3.8, 4) is 5.75 Å². The molecule has 0 fully saturated rings. The highest BCUT2D eigenvalue weighted by atomic mass is 16.3. The fourth-order valence-corrected chi connectivity index (χ4v) is 3.91. The van der Waals surface area contributed by atoms with Gasteiger partial charge in [-0.25, -0.2) is 0 Å². The molecule has 0 spiro atoms. The first kappa shape index (κ1) is 14.3. The highest BCUT2D eigenvalue weighted by molar-refractivity contribution is 5.77. The van der Waals surface area contributed by atoms with Crippen molar-refractivity contribution in [2.24, 2.45) is 0 Å². The molecule has 0 atom stereocenters. The number of hydrogen-bond acceptors (Lipinski definition) is 1. The number of aromatic hydroxyl groups is 1. The molecular formula is C22H22O. The van der Waals surface area contributed by atoms with E-state index >= 15 is 0 Å². The third-order valence-corrected chi connectivity index (χ3v) is 5.07. The Morgan fingerprint density at radius 3 is 2.13 bits per heavy atom. The molecule has 0 saturated carbocycles. The summed E-state index contributed by atoms with van der Waals surface area (Å²) in [5.41, 5.74) is 8.38. The fourth-order valence-electron chi connectivity index (χ4n) is 3.91. The van der Waals surface area contributed by atoms with Crippen LogP contribution in [0.1, 0.15) is 47.9 Å². The van der Waals surface area contributed by atoms with Crippen molar-refractivity contribution in [3.63, 3.8) is 0 Å². The highest BCUT2D eigenvalue weighted by Gasteiger charge is 2.15. The minimum absolute atomic E-state index is 0.379. The molecule has 0 aliphatic heterocycles. The third kappa shape index (κ3) is 2.84. The van der Waals surface area contributed by atoms with E-state index in [0.29, 0.717) is 5.75 Å². The second-order valence-electron chi connectivity index (χ2n) is 6.59. The van der Waals surface area contributed by atoms with Gasteiger partial charge >= 0.3 is 0 Å². The number of aryl methyl sites for hydroxylation is 2. The Kier molecular flexibility index (Phi) is 3.78. The number of allylic oxidation sites excluding steroid dienone is 4. The number of phenolic OH excluding ortho intramolecular Hbond substituents is 1. The first-order valence-corrected chi connectivity index (χ1v) is 8.61. The van der Waals surface area contributed by atoms with E-state index in [2.05, 4.69) is 42.5 Å². The Hall–Kier alpha value is -2.28. The van der Waals surface area contributed by atoms with Crippen molar-refractivity contribution in [2.75, 3.05) is 0 Å². The first-order valence-electron chi connectivity index (χ1n) is 8.61. The van der Waals surface area contributed by atoms with Gasteiger partial charge in [0.1, 0.15) is 5.75 Å². The van der Waals surface area contributed by atoms with Gasteiger partial charge in [-0.2, -0.15) is 0 Å². The van der Waals surface area contributed by atoms with Crippen molar-refractivity contribution in [3.05, 3.63) is 76.9 Å². The van der Waals surface area contributed by atoms with Gasteiger partial charge in [0.15, 0.2) is 0 Å². The topological polar surface area (TPSA) is 20.2 Å². The van der Waals surface area contributed by atoms with Gasteiger partial charge in [0.05, 0.1) is 0 Å². The molecule has 2 aliphatic rings. The fraction of sp³-hybridized carbons (Fsp3) is 0.273. The lowest BCUT2D eigenvalue weighted by Gasteiger charge is -2.20. The zero-order valence-corrected chi connectivity index (χ0v) is 13.4. The van der Waals surface area contributed by atoms with Gasteiger partial charge in [-0.3, -0.25) is 0 Å². The van der Waals surface area contributed by atoms with Crippen LogP contribution >= 0.6 is 0 Å². The molecule has 2 aromatic rings. The lowest BCUT2D eigenvalue weighted by Crippen LogP contribution is -2.02. The van der Waals surface area contributed by atoms with Gasteiger partial charge in [0.2, 0.25) is 0 Å². The summed E-state index contributed by atoms with van der Waals surface area (Å²) in [6.07, 6.45) is 11.6. The van der Waals surface area contributed by atoms with Crippen LogP contribution in [0.3, 0.4) is 0 Å². The van der Waals surface area contributed by atoms with Gasteiger partial charge in [0, 0.05) is 0 Å². The van der Waals surface area contributed by atoms with Gasteiger partial charge in [0.25, 0.3) is 0 Å². The van der Waals surface area contributed by atoms with E-state index in [1.54, 1.807) is 6.07 Å². The SMILES string of the molecule is Oc1ccc2c(c1)CCC/C2=C\C=C1/CCCc2ccccc21. The van der Waals surface area contributed by atoms with E-state index in [0.717, 1.165) is 12.8 Å². The highest BCUT2D eigenvalue weighted by Crippen LogP contribution is 2.35. The number of rotatable bonds is 1. The number of phenols is 1. The predicted octanol–water partition coefficient (Wildman–Crippen LogP) is 5.53. The summed E-state index contributed by atoms with van der Waals surface area (Å²) in [5, 5.41) is 9.69. The van der Waals surface area contributed by atoms with Crippen molar-refractivity contribution < 1.29 is 5.11 Å². The summed E-state index contributed by atoms with van der Waals surface area (Å²) in [6, 6.07) is 14.6. The molecule has 0 bridgehead atoms. The molecule has 116 valence electrons. The molecule has 1 heteroatoms. The Morgan fingerprint density at radius 1 is 0.696 bits per heavy atom. The van der Waals surface area contributed by atoms with Crippen LogP contribution in [0.25, 0.3) is 11.1 Å². The van der Waals surface area contributed by atoms with Gasteiger partial charge in [-0.05, 0) is 84.1 Å². The summed E-state index contributed by atoms with van der Waals surface area (Å²) in [7, 11) is 0. The first-order chi connectivity index (χ1) is 11.3. The lowest BCUT2D eigenvalue weighted by atomic mass is 9.85. The van der Waals surface area contributed by atoms with Crippen molar-refractivity contribution in [2.45, 2.75) is 38.5 Å². The zero-order chi connectivity index (χ0) is 15.6. The average molecular weight is 302 g/mol. The Balaban J connectivity index is 1.71. The molecule has 2 aliphatic carbocycles. The third-order valence-electron chi connectivity index (χ3n) is 5.07. The van der Waals surface area contributed by atoms with E-state index in [9.17, 15) is 5.11 Å². The standard InChI is InChI=1S/C22H22O/c23-20-13-14-22-18(8-4-9-19(22)15-20)12-11-17-7-3-6-16-5-1-2-10-21(16)17/h1-2,5,10-15,23H,3-4,6-9H2/b17-11+,18-12+.